The summed E-state index contributed by atoms with van der Waals surface area (Å²) in [5, 5.41) is 5.65. The number of likely N-dealkylation sites (tertiary alicyclic amines) is 2. The third-order valence-electron chi connectivity index (χ3n) is 8.22. The van der Waals surface area contributed by atoms with Crippen LogP contribution in [0.1, 0.15) is 63.9 Å². The van der Waals surface area contributed by atoms with Crippen LogP contribution in [-0.2, 0) is 7.05 Å². The minimum Gasteiger partial charge on any atom is -0.301 e. The average molecular weight is 381 g/mol. The summed E-state index contributed by atoms with van der Waals surface area (Å²) in [5.74, 6) is 0.721. The maximum atomic E-state index is 4.40. The van der Waals surface area contributed by atoms with Crippen LogP contribution in [0.3, 0.4) is 0 Å². The van der Waals surface area contributed by atoms with E-state index in [0.717, 1.165) is 18.0 Å². The first-order chi connectivity index (χ1) is 13.5. The Bertz CT molecular complexity index is 814. The molecule has 0 N–H and O–H groups in total. The molecule has 2 aromatic rings. The summed E-state index contributed by atoms with van der Waals surface area (Å²) in [7, 11) is 2.05. The van der Waals surface area contributed by atoms with E-state index in [0.29, 0.717) is 5.41 Å². The Balaban J connectivity index is 1.14. The van der Waals surface area contributed by atoms with Crippen molar-refractivity contribution in [2.75, 3.05) is 26.2 Å². The fourth-order valence-corrected chi connectivity index (χ4v) is 6.13. The quantitative estimate of drug-likeness (QED) is 0.788. The lowest BCUT2D eigenvalue weighted by atomic mass is 9.59. The molecule has 0 atom stereocenters. The Labute approximate surface area is 169 Å². The van der Waals surface area contributed by atoms with Gasteiger partial charge in [-0.25, -0.2) is 0 Å². The second kappa shape index (κ2) is 7.14. The van der Waals surface area contributed by atoms with E-state index in [2.05, 4.69) is 46.9 Å². The lowest BCUT2D eigenvalue weighted by Gasteiger charge is -2.56. The molecule has 28 heavy (non-hydrogen) atoms. The Morgan fingerprint density at radius 3 is 2.43 bits per heavy atom. The predicted molar refractivity (Wildman–Crippen MR) is 116 cm³/mol. The normalized spacial score (nSPS) is 25.0. The van der Waals surface area contributed by atoms with Crippen LogP contribution in [0.15, 0.2) is 24.4 Å². The lowest BCUT2D eigenvalue weighted by Crippen LogP contribution is -2.56. The van der Waals surface area contributed by atoms with E-state index in [1.165, 1.54) is 81.2 Å². The van der Waals surface area contributed by atoms with E-state index in [4.69, 9.17) is 0 Å². The van der Waals surface area contributed by atoms with Crippen LogP contribution in [0.5, 0.6) is 0 Å². The van der Waals surface area contributed by atoms with E-state index in [1.54, 1.807) is 0 Å². The van der Waals surface area contributed by atoms with Gasteiger partial charge in [-0.15, -0.1) is 0 Å². The third-order valence-corrected chi connectivity index (χ3v) is 8.22. The molecule has 2 saturated heterocycles. The molecule has 1 saturated carbocycles. The number of aryl methyl sites for hydroxylation is 1. The van der Waals surface area contributed by atoms with Crippen molar-refractivity contribution in [3.63, 3.8) is 0 Å². The highest BCUT2D eigenvalue weighted by molar-refractivity contribution is 5.79. The predicted octanol–water partition coefficient (Wildman–Crippen LogP) is 4.41. The van der Waals surface area contributed by atoms with Crippen molar-refractivity contribution in [3.05, 3.63) is 30.0 Å². The number of hydrogen-bond acceptors (Lipinski definition) is 3. The molecule has 1 aliphatic carbocycles. The highest BCUT2D eigenvalue weighted by Crippen LogP contribution is 2.51. The average Bonchev–Trinajstić information content (AvgIpc) is 3.07. The van der Waals surface area contributed by atoms with Crippen molar-refractivity contribution in [1.82, 2.24) is 19.6 Å². The summed E-state index contributed by atoms with van der Waals surface area (Å²) in [5.41, 5.74) is 3.48. The molecule has 0 amide bonds. The fraction of sp³-hybridized carbons (Fsp3) is 0.708. The van der Waals surface area contributed by atoms with Gasteiger partial charge in [-0.1, -0.05) is 12.1 Å². The zero-order valence-corrected chi connectivity index (χ0v) is 17.9. The highest BCUT2D eigenvalue weighted by Gasteiger charge is 2.48. The zero-order chi connectivity index (χ0) is 19.3. The summed E-state index contributed by atoms with van der Waals surface area (Å²) in [6, 6.07) is 8.56. The summed E-state index contributed by atoms with van der Waals surface area (Å²) in [6.45, 7) is 9.90. The second-order valence-electron chi connectivity index (χ2n) is 10.1. The maximum Gasteiger partial charge on any atom is 0.0681 e. The van der Waals surface area contributed by atoms with Gasteiger partial charge in [0.25, 0.3) is 0 Å². The monoisotopic (exact) mass is 380 g/mol. The molecular weight excluding hydrogens is 344 g/mol. The molecule has 1 aromatic carbocycles. The van der Waals surface area contributed by atoms with Gasteiger partial charge in [0.15, 0.2) is 0 Å². The van der Waals surface area contributed by atoms with E-state index in [-0.39, 0.29) is 0 Å². The molecule has 152 valence electrons. The molecule has 1 spiro atoms. The van der Waals surface area contributed by atoms with Crippen LogP contribution < -0.4 is 0 Å². The topological polar surface area (TPSA) is 24.3 Å². The van der Waals surface area contributed by atoms with Gasteiger partial charge in [0.1, 0.15) is 0 Å². The number of benzene rings is 1. The standard InChI is InChI=1S/C24H36N4/c1-18(2)27-12-8-24(9-13-27)15-22(16-24)28-10-6-19(7-11-28)20-4-5-21-17-25-26(3)23(21)14-20/h4-5,14,17-19,22H,6-13,15-16H2,1-3H3. The molecule has 0 unspecified atom stereocenters. The SMILES string of the molecule is CC(C)N1CCC2(CC1)CC(N1CCC(c3ccc4cnn(C)c4c3)CC1)C2. The summed E-state index contributed by atoms with van der Waals surface area (Å²) < 4.78 is 2.01. The molecular formula is C24H36N4. The van der Waals surface area contributed by atoms with Crippen molar-refractivity contribution < 1.29 is 0 Å². The molecule has 5 rings (SSSR count). The molecule has 2 aliphatic heterocycles. The number of rotatable bonds is 3. The molecule has 4 nitrogen and oxygen atoms in total. The van der Waals surface area contributed by atoms with Crippen LogP contribution in [0.4, 0.5) is 0 Å². The van der Waals surface area contributed by atoms with Crippen molar-refractivity contribution in [3.8, 4) is 0 Å². The third kappa shape index (κ3) is 3.29. The minimum absolute atomic E-state index is 0.692. The number of nitrogens with zero attached hydrogens (tertiary/aromatic N) is 4. The van der Waals surface area contributed by atoms with E-state index >= 15 is 0 Å². The first-order valence-corrected chi connectivity index (χ1v) is 11.4. The van der Waals surface area contributed by atoms with E-state index < -0.39 is 0 Å². The Morgan fingerprint density at radius 1 is 1.04 bits per heavy atom. The van der Waals surface area contributed by atoms with Gasteiger partial charge in [0, 0.05) is 24.5 Å². The van der Waals surface area contributed by atoms with Gasteiger partial charge in [-0.05, 0) is 102 Å². The minimum atomic E-state index is 0.692. The van der Waals surface area contributed by atoms with Crippen LogP contribution in [0, 0.1) is 5.41 Å². The summed E-state index contributed by atoms with van der Waals surface area (Å²) in [4.78, 5) is 5.49. The van der Waals surface area contributed by atoms with Crippen molar-refractivity contribution >= 4 is 10.9 Å². The fourth-order valence-electron chi connectivity index (χ4n) is 6.13. The van der Waals surface area contributed by atoms with E-state index in [9.17, 15) is 0 Å². The van der Waals surface area contributed by atoms with Crippen molar-refractivity contribution in [2.45, 2.75) is 70.4 Å². The number of hydrogen-bond donors (Lipinski definition) is 0. The van der Waals surface area contributed by atoms with Gasteiger partial charge in [-0.2, -0.15) is 5.10 Å². The molecule has 4 heteroatoms. The van der Waals surface area contributed by atoms with Gasteiger partial charge in [-0.3, -0.25) is 4.68 Å². The van der Waals surface area contributed by atoms with Crippen molar-refractivity contribution in [2.24, 2.45) is 12.5 Å². The highest BCUT2D eigenvalue weighted by atomic mass is 15.2. The number of fused-ring (bicyclic) bond motifs is 1. The van der Waals surface area contributed by atoms with Crippen LogP contribution in [0.25, 0.3) is 10.9 Å². The number of piperidine rings is 2. The Kier molecular flexibility index (Phi) is 4.75. The zero-order valence-electron chi connectivity index (χ0n) is 17.9. The molecule has 0 radical (unpaired) electrons. The summed E-state index contributed by atoms with van der Waals surface area (Å²) in [6.07, 6.45) is 10.4. The van der Waals surface area contributed by atoms with Gasteiger partial charge in [0.2, 0.25) is 0 Å². The molecule has 3 fully saturated rings. The van der Waals surface area contributed by atoms with Crippen LogP contribution >= 0.6 is 0 Å². The molecule has 3 aliphatic rings. The maximum absolute atomic E-state index is 4.40. The summed E-state index contributed by atoms with van der Waals surface area (Å²) >= 11 is 0. The van der Waals surface area contributed by atoms with Crippen LogP contribution in [0.2, 0.25) is 0 Å². The van der Waals surface area contributed by atoms with E-state index in [1.807, 2.05) is 17.9 Å². The lowest BCUT2D eigenvalue weighted by molar-refractivity contribution is -0.0534. The first-order valence-electron chi connectivity index (χ1n) is 11.4. The Morgan fingerprint density at radius 2 is 1.75 bits per heavy atom. The molecule has 0 bridgehead atoms. The Hall–Kier alpha value is -1.39. The van der Waals surface area contributed by atoms with Gasteiger partial charge in [0.05, 0.1) is 11.7 Å². The van der Waals surface area contributed by atoms with Crippen LogP contribution in [-0.4, -0.2) is 57.8 Å². The second-order valence-corrected chi connectivity index (χ2v) is 10.1. The van der Waals surface area contributed by atoms with Gasteiger partial charge >= 0.3 is 0 Å². The van der Waals surface area contributed by atoms with Crippen molar-refractivity contribution in [1.29, 1.82) is 0 Å². The van der Waals surface area contributed by atoms with Gasteiger partial charge < -0.3 is 9.80 Å². The largest absolute Gasteiger partial charge is 0.301 e. The number of aromatic nitrogens is 2. The molecule has 3 heterocycles. The molecule has 1 aromatic heterocycles. The first kappa shape index (κ1) is 18.6. The smallest absolute Gasteiger partial charge is 0.0681 e.